The highest BCUT2D eigenvalue weighted by Crippen LogP contribution is 2.23. The van der Waals surface area contributed by atoms with E-state index < -0.39 is 22.0 Å². The van der Waals surface area contributed by atoms with Gasteiger partial charge in [-0.3, -0.25) is 13.9 Å². The molecule has 2 amide bonds. The van der Waals surface area contributed by atoms with Crippen molar-refractivity contribution in [2.75, 3.05) is 22.4 Å². The van der Waals surface area contributed by atoms with E-state index in [1.807, 2.05) is 32.9 Å². The SMILES string of the molecule is CCc1ccc(N(C(C)C(=O)Nc2ccccc2C(=O)NCC(C)C)S(C)(=O)=O)cc1. The first kappa shape index (κ1) is 24.4. The van der Waals surface area contributed by atoms with E-state index in [1.165, 1.54) is 6.92 Å². The number of nitrogens with one attached hydrogen (secondary N) is 2. The molecule has 1 unspecified atom stereocenters. The molecule has 2 N–H and O–H groups in total. The lowest BCUT2D eigenvalue weighted by molar-refractivity contribution is -0.116. The molecule has 31 heavy (non-hydrogen) atoms. The van der Waals surface area contributed by atoms with Crippen molar-refractivity contribution in [2.24, 2.45) is 5.92 Å². The zero-order valence-corrected chi connectivity index (χ0v) is 19.5. The van der Waals surface area contributed by atoms with E-state index in [4.69, 9.17) is 0 Å². The summed E-state index contributed by atoms with van der Waals surface area (Å²) in [6.45, 7) is 8.01. The summed E-state index contributed by atoms with van der Waals surface area (Å²) in [5.74, 6) is -0.547. The molecule has 0 fully saturated rings. The lowest BCUT2D eigenvalue weighted by Gasteiger charge is -2.28. The number of hydrogen-bond acceptors (Lipinski definition) is 4. The highest BCUT2D eigenvalue weighted by Gasteiger charge is 2.29. The zero-order valence-electron chi connectivity index (χ0n) is 18.7. The fraction of sp³-hybridized carbons (Fsp3) is 0.391. The van der Waals surface area contributed by atoms with Gasteiger partial charge in [0.2, 0.25) is 15.9 Å². The molecule has 0 radical (unpaired) electrons. The Morgan fingerprint density at radius 1 is 1.00 bits per heavy atom. The van der Waals surface area contributed by atoms with E-state index in [0.717, 1.165) is 22.5 Å². The number of carbonyl (C=O) groups excluding carboxylic acids is 2. The van der Waals surface area contributed by atoms with Gasteiger partial charge < -0.3 is 10.6 Å². The molecule has 8 heteroatoms. The molecule has 0 saturated heterocycles. The van der Waals surface area contributed by atoms with E-state index in [1.54, 1.807) is 36.4 Å². The van der Waals surface area contributed by atoms with Crippen LogP contribution in [0.5, 0.6) is 0 Å². The molecule has 0 aliphatic rings. The number of hydrogen-bond donors (Lipinski definition) is 2. The molecular weight excluding hydrogens is 414 g/mol. The number of para-hydroxylation sites is 1. The van der Waals surface area contributed by atoms with Crippen LogP contribution in [0.3, 0.4) is 0 Å². The molecule has 2 aromatic carbocycles. The van der Waals surface area contributed by atoms with Crippen molar-refractivity contribution < 1.29 is 18.0 Å². The minimum Gasteiger partial charge on any atom is -0.352 e. The van der Waals surface area contributed by atoms with Crippen LogP contribution in [0.15, 0.2) is 48.5 Å². The molecule has 0 heterocycles. The van der Waals surface area contributed by atoms with Gasteiger partial charge in [0.25, 0.3) is 5.91 Å². The molecule has 0 aromatic heterocycles. The first-order chi connectivity index (χ1) is 14.5. The van der Waals surface area contributed by atoms with Crippen LogP contribution in [-0.2, 0) is 21.2 Å². The molecule has 2 rings (SSSR count). The number of sulfonamides is 1. The lowest BCUT2D eigenvalue weighted by atomic mass is 10.1. The molecule has 2 aromatic rings. The number of amides is 2. The second-order valence-corrected chi connectivity index (χ2v) is 9.75. The average molecular weight is 446 g/mol. The van der Waals surface area contributed by atoms with E-state index in [2.05, 4.69) is 10.6 Å². The Kier molecular flexibility index (Phi) is 8.21. The Morgan fingerprint density at radius 2 is 1.61 bits per heavy atom. The van der Waals surface area contributed by atoms with Crippen molar-refractivity contribution in [1.82, 2.24) is 5.32 Å². The predicted molar refractivity (Wildman–Crippen MR) is 125 cm³/mol. The van der Waals surface area contributed by atoms with Gasteiger partial charge in [0.05, 0.1) is 23.2 Å². The van der Waals surface area contributed by atoms with Crippen molar-refractivity contribution in [3.05, 3.63) is 59.7 Å². The standard InChI is InChI=1S/C23H31N3O4S/c1-6-18-11-13-19(14-12-18)26(31(5,29)30)17(4)22(27)25-21-10-8-7-9-20(21)23(28)24-15-16(2)3/h7-14,16-17H,6,15H2,1-5H3,(H,24,28)(H,25,27). The topological polar surface area (TPSA) is 95.6 Å². The Labute approximate surface area is 184 Å². The molecule has 0 spiro atoms. The largest absolute Gasteiger partial charge is 0.352 e. The van der Waals surface area contributed by atoms with Gasteiger partial charge in [0, 0.05) is 6.54 Å². The van der Waals surface area contributed by atoms with E-state index in [-0.39, 0.29) is 11.8 Å². The Bertz CT molecular complexity index is 1020. The van der Waals surface area contributed by atoms with Crippen LogP contribution in [0, 0.1) is 5.92 Å². The minimum absolute atomic E-state index is 0.285. The summed E-state index contributed by atoms with van der Waals surface area (Å²) >= 11 is 0. The summed E-state index contributed by atoms with van der Waals surface area (Å²) in [5.41, 5.74) is 2.12. The molecule has 0 bridgehead atoms. The van der Waals surface area contributed by atoms with Gasteiger partial charge >= 0.3 is 0 Å². The van der Waals surface area contributed by atoms with Crippen molar-refractivity contribution in [1.29, 1.82) is 0 Å². The molecule has 168 valence electrons. The Morgan fingerprint density at radius 3 is 2.16 bits per heavy atom. The minimum atomic E-state index is -3.73. The number of benzene rings is 2. The fourth-order valence-corrected chi connectivity index (χ4v) is 4.28. The summed E-state index contributed by atoms with van der Waals surface area (Å²) in [4.78, 5) is 25.5. The van der Waals surface area contributed by atoms with Crippen LogP contribution in [0.4, 0.5) is 11.4 Å². The summed E-state index contributed by atoms with van der Waals surface area (Å²) in [6.07, 6.45) is 1.89. The number of nitrogens with zero attached hydrogens (tertiary/aromatic N) is 1. The zero-order chi connectivity index (χ0) is 23.2. The van der Waals surface area contributed by atoms with Crippen molar-refractivity contribution in [2.45, 2.75) is 40.2 Å². The molecular formula is C23H31N3O4S. The van der Waals surface area contributed by atoms with Gasteiger partial charge in [-0.15, -0.1) is 0 Å². The van der Waals surface area contributed by atoms with Crippen LogP contribution in [0.1, 0.15) is 43.6 Å². The van der Waals surface area contributed by atoms with Crippen LogP contribution < -0.4 is 14.9 Å². The molecule has 7 nitrogen and oxygen atoms in total. The number of aryl methyl sites for hydroxylation is 1. The van der Waals surface area contributed by atoms with E-state index >= 15 is 0 Å². The van der Waals surface area contributed by atoms with Gasteiger partial charge in [0.1, 0.15) is 6.04 Å². The first-order valence-corrected chi connectivity index (χ1v) is 12.2. The van der Waals surface area contributed by atoms with E-state index in [0.29, 0.717) is 23.5 Å². The van der Waals surface area contributed by atoms with Gasteiger partial charge in [-0.25, -0.2) is 8.42 Å². The van der Waals surface area contributed by atoms with Gasteiger partial charge in [-0.2, -0.15) is 0 Å². The molecule has 0 saturated carbocycles. The summed E-state index contributed by atoms with van der Waals surface area (Å²) in [5, 5.41) is 5.55. The maximum absolute atomic E-state index is 13.0. The van der Waals surface area contributed by atoms with Crippen LogP contribution in [0.25, 0.3) is 0 Å². The Hall–Kier alpha value is -2.87. The smallest absolute Gasteiger partial charge is 0.253 e. The fourth-order valence-electron chi connectivity index (χ4n) is 3.11. The third-order valence-electron chi connectivity index (χ3n) is 4.79. The third kappa shape index (κ3) is 6.55. The normalized spacial score (nSPS) is 12.3. The number of carbonyl (C=O) groups is 2. The molecule has 0 aliphatic heterocycles. The number of rotatable bonds is 9. The van der Waals surface area contributed by atoms with Gasteiger partial charge in [-0.1, -0.05) is 45.0 Å². The van der Waals surface area contributed by atoms with Gasteiger partial charge in [-0.05, 0) is 49.1 Å². The average Bonchev–Trinajstić information content (AvgIpc) is 2.72. The summed E-state index contributed by atoms with van der Waals surface area (Å²) < 4.78 is 26.1. The van der Waals surface area contributed by atoms with Crippen molar-refractivity contribution in [3.63, 3.8) is 0 Å². The quantitative estimate of drug-likeness (QED) is 0.618. The second kappa shape index (κ2) is 10.4. The van der Waals surface area contributed by atoms with Gasteiger partial charge in [0.15, 0.2) is 0 Å². The van der Waals surface area contributed by atoms with Crippen LogP contribution >= 0.6 is 0 Å². The molecule has 0 aliphatic carbocycles. The van der Waals surface area contributed by atoms with Crippen molar-refractivity contribution in [3.8, 4) is 0 Å². The maximum atomic E-state index is 13.0. The van der Waals surface area contributed by atoms with Crippen LogP contribution in [0.2, 0.25) is 0 Å². The summed E-state index contributed by atoms with van der Waals surface area (Å²) in [6, 6.07) is 12.7. The predicted octanol–water partition coefficient (Wildman–Crippen LogP) is 3.43. The highest BCUT2D eigenvalue weighted by atomic mass is 32.2. The Balaban J connectivity index is 2.28. The van der Waals surface area contributed by atoms with Crippen LogP contribution in [-0.4, -0.2) is 39.1 Å². The lowest BCUT2D eigenvalue weighted by Crippen LogP contribution is -2.45. The highest BCUT2D eigenvalue weighted by molar-refractivity contribution is 7.92. The summed E-state index contributed by atoms with van der Waals surface area (Å²) in [7, 11) is -3.73. The molecule has 1 atom stereocenters. The second-order valence-electron chi connectivity index (χ2n) is 7.89. The monoisotopic (exact) mass is 445 g/mol. The maximum Gasteiger partial charge on any atom is 0.253 e. The first-order valence-electron chi connectivity index (χ1n) is 10.3. The van der Waals surface area contributed by atoms with E-state index in [9.17, 15) is 18.0 Å². The third-order valence-corrected chi connectivity index (χ3v) is 6.03. The van der Waals surface area contributed by atoms with Crippen molar-refractivity contribution >= 4 is 33.2 Å². The number of anilines is 2.